The molecule has 4 aromatic rings. The fourth-order valence-corrected chi connectivity index (χ4v) is 5.30. The van der Waals surface area contributed by atoms with E-state index in [0.717, 1.165) is 64.8 Å². The molecule has 1 saturated heterocycles. The number of fused-ring (bicyclic) bond motifs is 3. The third-order valence-corrected chi connectivity index (χ3v) is 6.81. The van der Waals surface area contributed by atoms with Gasteiger partial charge < -0.3 is 9.47 Å². The number of pyridine rings is 2. The summed E-state index contributed by atoms with van der Waals surface area (Å²) in [6.07, 6.45) is 9.54. The molecule has 6 heteroatoms. The van der Waals surface area contributed by atoms with Crippen molar-refractivity contribution in [2.24, 2.45) is 0 Å². The summed E-state index contributed by atoms with van der Waals surface area (Å²) in [5, 5.41) is 1.17. The number of carbonyl (C=O) groups is 1. The highest BCUT2D eigenvalue weighted by Gasteiger charge is 2.24. The minimum absolute atomic E-state index is 0.214. The Kier molecular flexibility index (Phi) is 4.42. The summed E-state index contributed by atoms with van der Waals surface area (Å²) in [6, 6.07) is 12.6. The average molecular weight is 473 g/mol. The Hall–Kier alpha value is -2.99. The summed E-state index contributed by atoms with van der Waals surface area (Å²) in [6.45, 7) is 1.83. The number of amides is 1. The van der Waals surface area contributed by atoms with Crippen LogP contribution in [0.25, 0.3) is 33.3 Å². The van der Waals surface area contributed by atoms with E-state index in [0.29, 0.717) is 6.42 Å². The third kappa shape index (κ3) is 3.08. The largest absolute Gasteiger partial charge is 0.329 e. The van der Waals surface area contributed by atoms with Crippen LogP contribution in [0.2, 0.25) is 0 Å². The first-order valence-electron chi connectivity index (χ1n) is 10.7. The average Bonchev–Trinajstić information content (AvgIpc) is 3.49. The number of benzene rings is 1. The molecule has 2 aliphatic rings. The maximum absolute atomic E-state index is 12.0. The van der Waals surface area contributed by atoms with E-state index in [-0.39, 0.29) is 5.91 Å². The Balaban J connectivity index is 1.42. The van der Waals surface area contributed by atoms with Gasteiger partial charge in [-0.3, -0.25) is 9.78 Å². The van der Waals surface area contributed by atoms with E-state index >= 15 is 0 Å². The molecule has 0 unspecified atom stereocenters. The number of halogens is 1. The predicted octanol–water partition coefficient (Wildman–Crippen LogP) is 5.60. The van der Waals surface area contributed by atoms with Crippen LogP contribution >= 0.6 is 15.9 Å². The summed E-state index contributed by atoms with van der Waals surface area (Å²) < 4.78 is 3.34. The van der Waals surface area contributed by atoms with Gasteiger partial charge in [-0.15, -0.1) is 0 Å². The van der Waals surface area contributed by atoms with E-state index in [1.807, 2.05) is 35.6 Å². The highest BCUT2D eigenvalue weighted by atomic mass is 79.9. The molecule has 0 radical (unpaired) electrons. The number of carbonyl (C=O) groups excluding carboxylic acids is 1. The molecule has 0 aliphatic carbocycles. The van der Waals surface area contributed by atoms with Gasteiger partial charge in [0.15, 0.2) is 0 Å². The Bertz CT molecular complexity index is 1330. The molecule has 0 saturated carbocycles. The van der Waals surface area contributed by atoms with Gasteiger partial charge in [0.2, 0.25) is 5.91 Å². The van der Waals surface area contributed by atoms with Crippen LogP contribution in [0.5, 0.6) is 0 Å². The molecule has 1 fully saturated rings. The van der Waals surface area contributed by atoms with E-state index < -0.39 is 0 Å². The second kappa shape index (κ2) is 7.31. The van der Waals surface area contributed by atoms with Crippen molar-refractivity contribution in [2.45, 2.75) is 32.2 Å². The summed E-state index contributed by atoms with van der Waals surface area (Å²) >= 11 is 3.59. The first kappa shape index (κ1) is 18.8. The van der Waals surface area contributed by atoms with Gasteiger partial charge in [-0.05, 0) is 65.0 Å². The number of aryl methyl sites for hydroxylation is 1. The Morgan fingerprint density at radius 2 is 1.68 bits per heavy atom. The summed E-state index contributed by atoms with van der Waals surface area (Å²) in [4.78, 5) is 23.2. The standard InChI is InChI=1S/C25H21BrN4O/c26-19-12-21-24(22-3-1-10-30(22)25(21)28-15-19)18-11-17(13-27-14-18)16-5-7-20(8-6-16)29-9-2-4-23(29)31/h5-8,11-15H,1-4,9-10H2. The van der Waals surface area contributed by atoms with Crippen LogP contribution in [-0.2, 0) is 17.8 Å². The smallest absolute Gasteiger partial charge is 0.227 e. The van der Waals surface area contributed by atoms with Gasteiger partial charge in [-0.2, -0.15) is 0 Å². The van der Waals surface area contributed by atoms with Crippen LogP contribution in [0, 0.1) is 0 Å². The van der Waals surface area contributed by atoms with Crippen molar-refractivity contribution in [1.82, 2.24) is 14.5 Å². The Morgan fingerprint density at radius 3 is 2.48 bits per heavy atom. The number of rotatable bonds is 3. The van der Waals surface area contributed by atoms with Crippen molar-refractivity contribution >= 4 is 38.6 Å². The topological polar surface area (TPSA) is 51.0 Å². The molecule has 6 rings (SSSR count). The van der Waals surface area contributed by atoms with Crippen LogP contribution in [0.4, 0.5) is 5.69 Å². The zero-order chi connectivity index (χ0) is 20.9. The summed E-state index contributed by atoms with van der Waals surface area (Å²) in [5.41, 5.74) is 7.92. The molecule has 0 spiro atoms. The quantitative estimate of drug-likeness (QED) is 0.389. The van der Waals surface area contributed by atoms with Crippen molar-refractivity contribution in [3.05, 3.63) is 65.2 Å². The first-order chi connectivity index (χ1) is 15.2. The third-order valence-electron chi connectivity index (χ3n) is 6.38. The molecule has 0 atom stereocenters. The number of aromatic nitrogens is 3. The summed E-state index contributed by atoms with van der Waals surface area (Å²) in [7, 11) is 0. The fraction of sp³-hybridized carbons (Fsp3) is 0.240. The van der Waals surface area contributed by atoms with Gasteiger partial charge >= 0.3 is 0 Å². The van der Waals surface area contributed by atoms with Gasteiger partial charge in [-0.1, -0.05) is 12.1 Å². The van der Waals surface area contributed by atoms with Crippen molar-refractivity contribution in [3.63, 3.8) is 0 Å². The van der Waals surface area contributed by atoms with Gasteiger partial charge in [-0.25, -0.2) is 4.98 Å². The van der Waals surface area contributed by atoms with Crippen molar-refractivity contribution in [3.8, 4) is 22.3 Å². The minimum Gasteiger partial charge on any atom is -0.329 e. The highest BCUT2D eigenvalue weighted by molar-refractivity contribution is 9.10. The monoisotopic (exact) mass is 472 g/mol. The molecule has 5 nitrogen and oxygen atoms in total. The lowest BCUT2D eigenvalue weighted by Gasteiger charge is -2.16. The maximum Gasteiger partial charge on any atom is 0.227 e. The van der Waals surface area contributed by atoms with Crippen molar-refractivity contribution < 1.29 is 4.79 Å². The van der Waals surface area contributed by atoms with Gasteiger partial charge in [0.1, 0.15) is 5.65 Å². The molecule has 2 aliphatic heterocycles. The van der Waals surface area contributed by atoms with Crippen LogP contribution in [0.15, 0.2) is 59.5 Å². The van der Waals surface area contributed by atoms with E-state index in [1.54, 1.807) is 0 Å². The van der Waals surface area contributed by atoms with Crippen LogP contribution < -0.4 is 4.90 Å². The normalized spacial score (nSPS) is 15.8. The maximum atomic E-state index is 12.0. The van der Waals surface area contributed by atoms with Gasteiger partial charge in [0, 0.05) is 76.0 Å². The lowest BCUT2D eigenvalue weighted by molar-refractivity contribution is -0.117. The Labute approximate surface area is 188 Å². The lowest BCUT2D eigenvalue weighted by atomic mass is 9.99. The van der Waals surface area contributed by atoms with E-state index in [1.165, 1.54) is 16.6 Å². The number of hydrogen-bond donors (Lipinski definition) is 0. The van der Waals surface area contributed by atoms with Crippen molar-refractivity contribution in [2.75, 3.05) is 11.4 Å². The zero-order valence-corrected chi connectivity index (χ0v) is 18.6. The molecule has 31 heavy (non-hydrogen) atoms. The number of hydrogen-bond acceptors (Lipinski definition) is 3. The lowest BCUT2D eigenvalue weighted by Crippen LogP contribution is -2.23. The van der Waals surface area contributed by atoms with Gasteiger partial charge in [0.25, 0.3) is 0 Å². The van der Waals surface area contributed by atoms with Crippen LogP contribution in [0.3, 0.4) is 0 Å². The molecule has 1 aromatic carbocycles. The highest BCUT2D eigenvalue weighted by Crippen LogP contribution is 2.39. The molecule has 154 valence electrons. The number of nitrogens with zero attached hydrogens (tertiary/aromatic N) is 4. The van der Waals surface area contributed by atoms with E-state index in [2.05, 4.69) is 49.7 Å². The predicted molar refractivity (Wildman–Crippen MR) is 126 cm³/mol. The molecule has 1 amide bonds. The number of anilines is 1. The second-order valence-electron chi connectivity index (χ2n) is 8.26. The van der Waals surface area contributed by atoms with Crippen LogP contribution in [0.1, 0.15) is 25.0 Å². The zero-order valence-electron chi connectivity index (χ0n) is 17.0. The molecule has 3 aromatic heterocycles. The van der Waals surface area contributed by atoms with Crippen molar-refractivity contribution in [1.29, 1.82) is 0 Å². The summed E-state index contributed by atoms with van der Waals surface area (Å²) in [5.74, 6) is 0.214. The van der Waals surface area contributed by atoms with E-state index in [9.17, 15) is 4.79 Å². The molecular weight excluding hydrogens is 452 g/mol. The fourth-order valence-electron chi connectivity index (χ4n) is 4.97. The Morgan fingerprint density at radius 1 is 0.871 bits per heavy atom. The second-order valence-corrected chi connectivity index (χ2v) is 9.18. The van der Waals surface area contributed by atoms with Crippen LogP contribution in [-0.4, -0.2) is 27.0 Å². The van der Waals surface area contributed by atoms with Gasteiger partial charge in [0.05, 0.1) is 0 Å². The molecule has 0 N–H and O–H groups in total. The van der Waals surface area contributed by atoms with E-state index in [4.69, 9.17) is 4.98 Å². The molecule has 5 heterocycles. The molecular formula is C25H21BrN4O. The first-order valence-corrected chi connectivity index (χ1v) is 11.5. The molecule has 0 bridgehead atoms. The minimum atomic E-state index is 0.214. The SMILES string of the molecule is O=C1CCCN1c1ccc(-c2cncc(-c3c4n(c5ncc(Br)cc35)CCC4)c2)cc1.